The molecule has 2 aliphatic carbocycles. The van der Waals surface area contributed by atoms with E-state index < -0.39 is 92.6 Å². The van der Waals surface area contributed by atoms with E-state index >= 15 is 0 Å². The highest BCUT2D eigenvalue weighted by atomic mass is 32.2. The number of carbonyl (C=O) groups is 4. The number of nitrogens with zero attached hydrogens (tertiary/aromatic N) is 3. The van der Waals surface area contributed by atoms with Crippen molar-refractivity contribution in [3.63, 3.8) is 0 Å². The van der Waals surface area contributed by atoms with Gasteiger partial charge in [-0.25, -0.2) is 17.6 Å². The molecule has 1 aromatic heterocycles. The fourth-order valence-electron chi connectivity index (χ4n) is 7.72. The van der Waals surface area contributed by atoms with Crippen molar-refractivity contribution >= 4 is 44.7 Å². The summed E-state index contributed by atoms with van der Waals surface area (Å²) in [5, 5.41) is 5.47. The van der Waals surface area contributed by atoms with E-state index in [0.717, 1.165) is 4.90 Å². The van der Waals surface area contributed by atoms with Crippen molar-refractivity contribution in [2.45, 2.75) is 113 Å². The van der Waals surface area contributed by atoms with Crippen LogP contribution < -0.4 is 29.6 Å². The number of carbonyl (C=O) groups excluding carboxylic acids is 4. The van der Waals surface area contributed by atoms with Gasteiger partial charge in [-0.2, -0.15) is 23.1 Å². The second kappa shape index (κ2) is 16.5. The summed E-state index contributed by atoms with van der Waals surface area (Å²) >= 11 is 0. The molecule has 3 fully saturated rings. The van der Waals surface area contributed by atoms with Gasteiger partial charge < -0.3 is 34.5 Å². The third kappa shape index (κ3) is 8.90. The molecule has 0 radical (unpaired) electrons. The first kappa shape index (κ1) is 44.6. The van der Waals surface area contributed by atoms with Gasteiger partial charge in [0.05, 0.1) is 31.7 Å². The molecular weight excluding hydrogens is 821 g/mol. The average molecular weight is 871 g/mol. The molecule has 7 atom stereocenters. The SMILES string of the molecule is COc1ccc2c(O[C@@H]3C[C@H]4C(=O)N[C@]5(C(=O)NS(=O)(=O)C6(CF)CC6)C[C@H]5/C=C\CC[C@@H](C)C[C@@H](C)[C@H](NC(=O)OC(C)(C)C(F)(F)F)C(=O)N4C3)nc(OC)nc2c1. The number of amides is 4. The van der Waals surface area contributed by atoms with Crippen LogP contribution in [0.3, 0.4) is 0 Å². The van der Waals surface area contributed by atoms with Gasteiger partial charge in [0.25, 0.3) is 5.91 Å². The van der Waals surface area contributed by atoms with Crippen LogP contribution in [-0.2, 0) is 29.1 Å². The number of halogens is 4. The molecule has 3 heterocycles. The van der Waals surface area contributed by atoms with Crippen molar-refractivity contribution in [3.05, 3.63) is 30.4 Å². The number of alkyl carbamates (subject to hydrolysis) is 1. The molecule has 4 aliphatic rings. The maximum atomic E-state index is 14.8. The van der Waals surface area contributed by atoms with Crippen molar-refractivity contribution in [1.82, 2.24) is 30.2 Å². The molecule has 1 saturated heterocycles. The van der Waals surface area contributed by atoms with Crippen LogP contribution in [0.15, 0.2) is 30.4 Å². The number of hydrogen-bond donors (Lipinski definition) is 3. The van der Waals surface area contributed by atoms with E-state index in [1.807, 2.05) is 11.6 Å². The first-order chi connectivity index (χ1) is 28.1. The van der Waals surface area contributed by atoms with Gasteiger partial charge in [-0.3, -0.25) is 19.1 Å². The van der Waals surface area contributed by atoms with Crippen LogP contribution in [0.5, 0.6) is 17.6 Å². The normalized spacial score (nSPS) is 28.8. The molecule has 21 heteroatoms. The van der Waals surface area contributed by atoms with Crippen LogP contribution in [0.1, 0.15) is 72.6 Å². The number of aromatic nitrogens is 2. The third-order valence-corrected chi connectivity index (χ3v) is 14.0. The topological polar surface area (TPSA) is 204 Å². The highest BCUT2D eigenvalue weighted by Gasteiger charge is 2.64. The van der Waals surface area contributed by atoms with Crippen LogP contribution in [0, 0.1) is 17.8 Å². The second-order valence-corrected chi connectivity index (χ2v) is 18.8. The molecule has 1 aromatic carbocycles. The van der Waals surface area contributed by atoms with E-state index in [0.29, 0.717) is 49.8 Å². The number of benzene rings is 1. The third-order valence-electron chi connectivity index (χ3n) is 11.9. The van der Waals surface area contributed by atoms with Gasteiger partial charge in [0.1, 0.15) is 40.9 Å². The number of allylic oxidation sites excluding steroid dienone is 1. The fourth-order valence-corrected chi connectivity index (χ4v) is 9.15. The van der Waals surface area contributed by atoms with Crippen LogP contribution in [0.2, 0.25) is 0 Å². The summed E-state index contributed by atoms with van der Waals surface area (Å²) in [7, 11) is -1.67. The van der Waals surface area contributed by atoms with E-state index in [1.54, 1.807) is 37.3 Å². The Morgan fingerprint density at radius 3 is 2.42 bits per heavy atom. The van der Waals surface area contributed by atoms with Crippen molar-refractivity contribution in [3.8, 4) is 17.6 Å². The molecule has 60 heavy (non-hydrogen) atoms. The van der Waals surface area contributed by atoms with Crippen LogP contribution in [0.25, 0.3) is 10.9 Å². The van der Waals surface area contributed by atoms with E-state index in [-0.39, 0.29) is 50.0 Å². The van der Waals surface area contributed by atoms with E-state index in [4.69, 9.17) is 18.9 Å². The molecule has 2 aromatic rings. The lowest BCUT2D eigenvalue weighted by atomic mass is 9.88. The molecule has 2 saturated carbocycles. The van der Waals surface area contributed by atoms with Gasteiger partial charge in [-0.1, -0.05) is 26.0 Å². The number of alkyl halides is 4. The first-order valence-electron chi connectivity index (χ1n) is 19.6. The zero-order chi connectivity index (χ0) is 44.0. The Morgan fingerprint density at radius 2 is 1.78 bits per heavy atom. The summed E-state index contributed by atoms with van der Waals surface area (Å²) in [6, 6.07) is 1.89. The number of rotatable bonds is 10. The monoisotopic (exact) mass is 870 g/mol. The molecular formula is C39H50F4N6O10S. The number of fused-ring (bicyclic) bond motifs is 3. The van der Waals surface area contributed by atoms with Crippen LogP contribution in [-0.4, -0.2) is 115 Å². The molecule has 16 nitrogen and oxygen atoms in total. The minimum atomic E-state index is -4.95. The number of nitrogens with one attached hydrogen (secondary N) is 3. The molecule has 2 aliphatic heterocycles. The molecule has 0 unspecified atom stereocenters. The minimum absolute atomic E-state index is 0.00635. The summed E-state index contributed by atoms with van der Waals surface area (Å²) in [5.74, 6) is -3.75. The van der Waals surface area contributed by atoms with Gasteiger partial charge in [-0.15, -0.1) is 0 Å². The Bertz CT molecular complexity index is 2150. The van der Waals surface area contributed by atoms with Crippen LogP contribution in [0.4, 0.5) is 22.4 Å². The summed E-state index contributed by atoms with van der Waals surface area (Å²) in [6.07, 6.45) is -2.77. The molecule has 330 valence electrons. The largest absolute Gasteiger partial charge is 0.497 e. The molecule has 0 bridgehead atoms. The fraction of sp³-hybridized carbons (Fsp3) is 0.641. The Kier molecular flexibility index (Phi) is 12.3. The smallest absolute Gasteiger partial charge is 0.427 e. The minimum Gasteiger partial charge on any atom is -0.497 e. The van der Waals surface area contributed by atoms with Crippen LogP contribution >= 0.6 is 0 Å². The number of hydrogen-bond acceptors (Lipinski definition) is 12. The Morgan fingerprint density at radius 1 is 1.07 bits per heavy atom. The Hall–Kier alpha value is -4.95. The lowest BCUT2D eigenvalue weighted by Gasteiger charge is -2.34. The predicted molar refractivity (Wildman–Crippen MR) is 206 cm³/mol. The molecule has 4 amide bonds. The standard InChI is InChI=1S/C39H50F4N6O10S/c1-21-9-7-8-10-23-18-38(23,33(52)48-60(54,55)37(20-40)13-14-37)47-30(50)28-17-25(58-31-26-12-11-24(56-5)16-27(26)44-34(46-31)57-6)19-49(28)32(51)29(22(2)15-21)45-35(53)59-36(3,4)39(41,42)43/h8,10-12,16,21-23,25,28-29H,7,9,13-15,17-20H2,1-6H3,(H,45,53)(H,47,50)(H,48,52)/b10-8-/t21-,22-,23-,25-,28+,29+,38-/m1/s1. The van der Waals surface area contributed by atoms with Gasteiger partial charge in [0.2, 0.25) is 33.3 Å². The summed E-state index contributed by atoms with van der Waals surface area (Å²) in [6.45, 7) is 3.37. The number of sulfonamides is 1. The lowest BCUT2D eigenvalue weighted by Crippen LogP contribution is -2.60. The zero-order valence-corrected chi connectivity index (χ0v) is 34.9. The van der Waals surface area contributed by atoms with Crippen molar-refractivity contribution < 1.29 is 64.1 Å². The lowest BCUT2D eigenvalue weighted by molar-refractivity contribution is -0.244. The maximum Gasteiger partial charge on any atom is 0.427 e. The van der Waals surface area contributed by atoms with Gasteiger partial charge in [0, 0.05) is 18.4 Å². The van der Waals surface area contributed by atoms with E-state index in [9.17, 15) is 45.2 Å². The predicted octanol–water partition coefficient (Wildman–Crippen LogP) is 4.27. The average Bonchev–Trinajstić information content (AvgIpc) is 4.08. The summed E-state index contributed by atoms with van der Waals surface area (Å²) < 4.78 is 104. The number of ether oxygens (including phenoxy) is 4. The molecule has 6 rings (SSSR count). The zero-order valence-electron chi connectivity index (χ0n) is 34.1. The second-order valence-electron chi connectivity index (χ2n) is 16.7. The summed E-state index contributed by atoms with van der Waals surface area (Å²) in [4.78, 5) is 66.2. The van der Waals surface area contributed by atoms with Crippen molar-refractivity contribution in [2.75, 3.05) is 27.4 Å². The highest BCUT2D eigenvalue weighted by Crippen LogP contribution is 2.48. The van der Waals surface area contributed by atoms with E-state index in [1.165, 1.54) is 14.2 Å². The highest BCUT2D eigenvalue weighted by molar-refractivity contribution is 7.91. The Labute approximate surface area is 344 Å². The van der Waals surface area contributed by atoms with Gasteiger partial charge in [-0.05, 0) is 76.3 Å². The molecule has 3 N–H and O–H groups in total. The summed E-state index contributed by atoms with van der Waals surface area (Å²) in [5.41, 5.74) is -4.34. The Balaban J connectivity index is 1.37. The van der Waals surface area contributed by atoms with Crippen molar-refractivity contribution in [1.29, 1.82) is 0 Å². The van der Waals surface area contributed by atoms with Gasteiger partial charge >= 0.3 is 18.3 Å². The molecule has 0 spiro atoms. The van der Waals surface area contributed by atoms with E-state index in [2.05, 4.69) is 20.6 Å². The quantitative estimate of drug-likeness (QED) is 0.226. The first-order valence-corrected chi connectivity index (χ1v) is 21.1. The maximum absolute atomic E-state index is 14.8. The number of methoxy groups -OCH3 is 2. The van der Waals surface area contributed by atoms with Crippen molar-refractivity contribution in [2.24, 2.45) is 17.8 Å². The van der Waals surface area contributed by atoms with Gasteiger partial charge in [0.15, 0.2) is 0 Å².